The molecule has 0 saturated carbocycles. The van der Waals surface area contributed by atoms with Crippen LogP contribution in [0.4, 0.5) is 0 Å². The quantitative estimate of drug-likeness (QED) is 0.213. The molecular formula is C35H27NSi. The van der Waals surface area contributed by atoms with Gasteiger partial charge in [-0.05, 0) is 44.0 Å². The van der Waals surface area contributed by atoms with E-state index in [2.05, 4.69) is 157 Å². The van der Waals surface area contributed by atoms with E-state index in [9.17, 15) is 0 Å². The van der Waals surface area contributed by atoms with Crippen LogP contribution in [0.2, 0.25) is 0 Å². The molecule has 0 radical (unpaired) electrons. The molecule has 0 amide bonds. The summed E-state index contributed by atoms with van der Waals surface area (Å²) in [5.74, 6) is 0. The highest BCUT2D eigenvalue weighted by Gasteiger charge is 2.41. The third-order valence-corrected chi connectivity index (χ3v) is 11.9. The topological polar surface area (TPSA) is 12.9 Å². The third-order valence-electron chi connectivity index (χ3n) is 7.10. The summed E-state index contributed by atoms with van der Waals surface area (Å²) in [4.78, 5) is 4.62. The average Bonchev–Trinajstić information content (AvgIpc) is 3.00. The fraction of sp³-hybridized carbons (Fsp3) is 0. The van der Waals surface area contributed by atoms with E-state index in [0.29, 0.717) is 0 Å². The van der Waals surface area contributed by atoms with Gasteiger partial charge in [0.2, 0.25) is 0 Å². The van der Waals surface area contributed by atoms with Crippen molar-refractivity contribution in [3.8, 4) is 22.4 Å². The first-order chi connectivity index (χ1) is 18.4. The summed E-state index contributed by atoms with van der Waals surface area (Å²) in [6.45, 7) is 0. The maximum absolute atomic E-state index is 4.62. The summed E-state index contributed by atoms with van der Waals surface area (Å²) in [5, 5.41) is 5.53. The largest absolute Gasteiger partial charge is 0.256 e. The van der Waals surface area contributed by atoms with E-state index in [1.165, 1.54) is 31.9 Å². The second-order valence-corrected chi connectivity index (χ2v) is 13.0. The highest BCUT2D eigenvalue weighted by atomic mass is 28.3. The van der Waals surface area contributed by atoms with Crippen molar-refractivity contribution in [2.24, 2.45) is 0 Å². The first-order valence-electron chi connectivity index (χ1n) is 12.6. The van der Waals surface area contributed by atoms with Gasteiger partial charge in [-0.25, -0.2) is 0 Å². The molecule has 37 heavy (non-hydrogen) atoms. The van der Waals surface area contributed by atoms with Gasteiger partial charge in [0.25, 0.3) is 0 Å². The lowest BCUT2D eigenvalue weighted by molar-refractivity contribution is 1.33. The second-order valence-electron chi connectivity index (χ2n) is 9.22. The first kappa shape index (κ1) is 22.9. The van der Waals surface area contributed by atoms with Gasteiger partial charge >= 0.3 is 0 Å². The van der Waals surface area contributed by atoms with Crippen LogP contribution in [0.1, 0.15) is 0 Å². The highest BCUT2D eigenvalue weighted by Crippen LogP contribution is 2.24. The summed E-state index contributed by atoms with van der Waals surface area (Å²) >= 11 is 0. The molecule has 0 fully saturated rings. The molecule has 0 N–H and O–H groups in total. The summed E-state index contributed by atoms with van der Waals surface area (Å²) in [6.07, 6.45) is 1.91. The molecule has 1 heterocycles. The van der Waals surface area contributed by atoms with Crippen LogP contribution in [-0.2, 0) is 0 Å². The Morgan fingerprint density at radius 1 is 0.351 bits per heavy atom. The van der Waals surface area contributed by atoms with Crippen molar-refractivity contribution in [3.63, 3.8) is 0 Å². The fourth-order valence-electron chi connectivity index (χ4n) is 5.35. The van der Waals surface area contributed by atoms with Gasteiger partial charge in [0.1, 0.15) is 0 Å². The molecule has 0 aliphatic rings. The number of pyridine rings is 1. The van der Waals surface area contributed by atoms with Crippen molar-refractivity contribution in [2.75, 3.05) is 0 Å². The van der Waals surface area contributed by atoms with Gasteiger partial charge in [-0.3, -0.25) is 4.98 Å². The standard InChI is InChI=1S/C35H27NSi/c1-5-13-29(14-6-1)35-27-30(25-26-36-35)28-21-23-34(24-22-28)37(31-15-7-2-8-16-31,32-17-9-3-10-18-32)33-19-11-4-12-20-33/h1-27H. The minimum atomic E-state index is -2.50. The van der Waals surface area contributed by atoms with Crippen LogP contribution >= 0.6 is 0 Å². The molecule has 5 aromatic carbocycles. The van der Waals surface area contributed by atoms with E-state index in [-0.39, 0.29) is 0 Å². The highest BCUT2D eigenvalue weighted by molar-refractivity contribution is 7.19. The van der Waals surface area contributed by atoms with Crippen molar-refractivity contribution in [2.45, 2.75) is 0 Å². The number of rotatable bonds is 6. The molecule has 0 unspecified atom stereocenters. The Kier molecular flexibility index (Phi) is 6.32. The zero-order valence-electron chi connectivity index (χ0n) is 20.5. The molecule has 0 atom stereocenters. The van der Waals surface area contributed by atoms with Gasteiger partial charge in [-0.15, -0.1) is 0 Å². The molecule has 0 aliphatic carbocycles. The number of hydrogen-bond acceptors (Lipinski definition) is 1. The Morgan fingerprint density at radius 2 is 0.784 bits per heavy atom. The Bertz CT molecular complexity index is 1480. The zero-order chi connectivity index (χ0) is 24.9. The summed E-state index contributed by atoms with van der Waals surface area (Å²) < 4.78 is 0. The molecule has 1 aromatic heterocycles. The molecule has 0 saturated heterocycles. The van der Waals surface area contributed by atoms with Crippen molar-refractivity contribution >= 4 is 28.8 Å². The molecule has 176 valence electrons. The van der Waals surface area contributed by atoms with Crippen LogP contribution in [0.15, 0.2) is 164 Å². The van der Waals surface area contributed by atoms with Gasteiger partial charge in [-0.1, -0.05) is 146 Å². The normalized spacial score (nSPS) is 11.2. The Morgan fingerprint density at radius 3 is 1.27 bits per heavy atom. The van der Waals surface area contributed by atoms with E-state index in [4.69, 9.17) is 0 Å². The minimum Gasteiger partial charge on any atom is -0.256 e. The Labute approximate surface area is 219 Å². The molecule has 2 heteroatoms. The van der Waals surface area contributed by atoms with Crippen LogP contribution in [0.25, 0.3) is 22.4 Å². The lowest BCUT2D eigenvalue weighted by atomic mass is 10.0. The molecular weight excluding hydrogens is 462 g/mol. The van der Waals surface area contributed by atoms with Crippen molar-refractivity contribution < 1.29 is 0 Å². The maximum Gasteiger partial charge on any atom is 0.179 e. The van der Waals surface area contributed by atoms with Crippen molar-refractivity contribution in [1.29, 1.82) is 0 Å². The molecule has 6 aromatic rings. The number of aromatic nitrogens is 1. The molecule has 6 rings (SSSR count). The van der Waals surface area contributed by atoms with E-state index < -0.39 is 8.07 Å². The molecule has 1 nitrogen and oxygen atoms in total. The lowest BCUT2D eigenvalue weighted by Gasteiger charge is -2.34. The van der Waals surface area contributed by atoms with Crippen LogP contribution in [0, 0.1) is 0 Å². The monoisotopic (exact) mass is 489 g/mol. The predicted molar refractivity (Wildman–Crippen MR) is 159 cm³/mol. The van der Waals surface area contributed by atoms with Crippen LogP contribution in [0.3, 0.4) is 0 Å². The summed E-state index contributed by atoms with van der Waals surface area (Å²) in [6, 6.07) is 57.0. The smallest absolute Gasteiger partial charge is 0.179 e. The first-order valence-corrected chi connectivity index (χ1v) is 14.6. The fourth-order valence-corrected chi connectivity index (χ4v) is 10.1. The second kappa shape index (κ2) is 10.2. The van der Waals surface area contributed by atoms with Crippen LogP contribution in [-0.4, -0.2) is 13.1 Å². The minimum absolute atomic E-state index is 0.990. The Balaban J connectivity index is 1.51. The zero-order valence-corrected chi connectivity index (χ0v) is 21.5. The Hall–Kier alpha value is -4.53. The number of nitrogens with zero attached hydrogens (tertiary/aromatic N) is 1. The summed E-state index contributed by atoms with van der Waals surface area (Å²) in [7, 11) is -2.50. The van der Waals surface area contributed by atoms with Crippen molar-refractivity contribution in [3.05, 3.63) is 164 Å². The molecule has 0 aliphatic heterocycles. The van der Waals surface area contributed by atoms with Gasteiger partial charge in [0, 0.05) is 11.8 Å². The van der Waals surface area contributed by atoms with Crippen molar-refractivity contribution in [1.82, 2.24) is 4.98 Å². The number of hydrogen-bond donors (Lipinski definition) is 0. The van der Waals surface area contributed by atoms with Gasteiger partial charge in [-0.2, -0.15) is 0 Å². The van der Waals surface area contributed by atoms with Crippen LogP contribution < -0.4 is 20.7 Å². The maximum atomic E-state index is 4.62. The predicted octanol–water partition coefficient (Wildman–Crippen LogP) is 5.79. The van der Waals surface area contributed by atoms with E-state index in [0.717, 1.165) is 11.3 Å². The summed E-state index contributed by atoms with van der Waals surface area (Å²) in [5.41, 5.74) is 4.49. The van der Waals surface area contributed by atoms with Crippen LogP contribution in [0.5, 0.6) is 0 Å². The molecule has 0 bridgehead atoms. The number of benzene rings is 5. The van der Waals surface area contributed by atoms with E-state index in [1.54, 1.807) is 0 Å². The molecule has 0 spiro atoms. The van der Waals surface area contributed by atoms with E-state index >= 15 is 0 Å². The van der Waals surface area contributed by atoms with E-state index in [1.807, 2.05) is 12.3 Å². The third kappa shape index (κ3) is 4.33. The average molecular weight is 490 g/mol. The van der Waals surface area contributed by atoms with Gasteiger partial charge in [0.05, 0.1) is 5.69 Å². The van der Waals surface area contributed by atoms with Gasteiger partial charge < -0.3 is 0 Å². The SMILES string of the molecule is c1ccc(-c2cc(-c3ccc([Si](c4ccccc4)(c4ccccc4)c4ccccc4)cc3)ccn2)cc1. The van der Waals surface area contributed by atoms with Gasteiger partial charge in [0.15, 0.2) is 8.07 Å². The lowest BCUT2D eigenvalue weighted by Crippen LogP contribution is -2.74.